The number of allylic oxidation sites excluding steroid dienone is 12. The van der Waals surface area contributed by atoms with E-state index < -0.39 is 44.1 Å². The van der Waals surface area contributed by atoms with Crippen molar-refractivity contribution in [3.8, 4) is 5.75 Å². The Morgan fingerprint density at radius 1 is 0.963 bits per heavy atom. The lowest BCUT2D eigenvalue weighted by atomic mass is 10.1. The first kappa shape index (κ1) is 44.0. The number of para-hydroxylation sites is 1. The monoisotopic (exact) mass is 767 g/mol. The van der Waals surface area contributed by atoms with Gasteiger partial charge in [-0.15, -0.1) is 0 Å². The summed E-state index contributed by atoms with van der Waals surface area (Å²) in [5, 5.41) is 16.1. The highest BCUT2D eigenvalue weighted by Crippen LogP contribution is 2.47. The van der Waals surface area contributed by atoms with Gasteiger partial charge in [0.25, 0.3) is 0 Å². The number of nitrogens with two attached hydrogens (primary N) is 1. The zero-order chi connectivity index (χ0) is 39.0. The fourth-order valence-corrected chi connectivity index (χ4v) is 6.75. The number of alkyl halides is 1. The lowest BCUT2D eigenvalue weighted by Gasteiger charge is -2.27. The second-order valence-electron chi connectivity index (χ2n) is 12.4. The minimum Gasteiger partial charge on any atom is -0.413 e. The molecule has 0 saturated carbocycles. The van der Waals surface area contributed by atoms with Crippen molar-refractivity contribution in [2.24, 2.45) is 0 Å². The number of aromatic nitrogens is 2. The lowest BCUT2D eigenvalue weighted by Crippen LogP contribution is -2.39. The van der Waals surface area contributed by atoms with Gasteiger partial charge in [0.1, 0.15) is 23.8 Å². The summed E-state index contributed by atoms with van der Waals surface area (Å²) >= 11 is 0. The molecule has 0 bridgehead atoms. The molecule has 1 amide bonds. The van der Waals surface area contributed by atoms with Gasteiger partial charge in [0, 0.05) is 25.7 Å². The number of hydrogen-bond donors (Lipinski definition) is 4. The van der Waals surface area contributed by atoms with Crippen LogP contribution in [0.25, 0.3) is 0 Å². The number of ether oxygens (including phenoxy) is 1. The number of carbonyl (C=O) groups excluding carboxylic acids is 1. The van der Waals surface area contributed by atoms with Crippen molar-refractivity contribution in [2.45, 2.75) is 95.9 Å². The molecule has 5 N–H and O–H groups in total. The minimum atomic E-state index is -4.16. The van der Waals surface area contributed by atoms with Crippen LogP contribution in [0.2, 0.25) is 0 Å². The van der Waals surface area contributed by atoms with Crippen molar-refractivity contribution in [2.75, 3.05) is 18.8 Å². The summed E-state index contributed by atoms with van der Waals surface area (Å²) in [4.78, 5) is 28.3. The first-order chi connectivity index (χ1) is 26.1. The van der Waals surface area contributed by atoms with Crippen LogP contribution in [0.3, 0.4) is 0 Å². The zero-order valence-electron chi connectivity index (χ0n) is 31.1. The number of amides is 1. The van der Waals surface area contributed by atoms with Crippen molar-refractivity contribution in [1.29, 1.82) is 0 Å². The van der Waals surface area contributed by atoms with Crippen LogP contribution in [0.4, 0.5) is 10.2 Å². The van der Waals surface area contributed by atoms with E-state index in [0.717, 1.165) is 43.1 Å². The Bertz CT molecular complexity index is 1690. The molecule has 54 heavy (non-hydrogen) atoms. The fourth-order valence-electron chi connectivity index (χ4n) is 5.22. The molecule has 1 aromatic heterocycles. The van der Waals surface area contributed by atoms with E-state index in [1.54, 1.807) is 30.3 Å². The first-order valence-corrected chi connectivity index (χ1v) is 19.9. The van der Waals surface area contributed by atoms with Gasteiger partial charge < -0.3 is 25.4 Å². The SMILES string of the molecule is CCC=CCC=CCC=CCC=CCC=CCC=CCCC(=O)NCCNP(=O)(Oc1ccccc1)OC(C)C1OC(n2ccc(N)nc2=O)C(F)C1O. The summed E-state index contributed by atoms with van der Waals surface area (Å²) in [6.45, 7) is 3.70. The van der Waals surface area contributed by atoms with E-state index in [4.69, 9.17) is 19.5 Å². The molecule has 14 heteroatoms. The van der Waals surface area contributed by atoms with Crippen LogP contribution < -0.4 is 26.4 Å². The Labute approximate surface area is 318 Å². The molecular weight excluding hydrogens is 712 g/mol. The topological polar surface area (TPSA) is 167 Å². The molecule has 0 spiro atoms. The molecular formula is C40H55FN5O7P. The molecule has 6 unspecified atom stereocenters. The molecule has 1 aliphatic heterocycles. The minimum absolute atomic E-state index is 0.0113. The number of anilines is 1. The third kappa shape index (κ3) is 16.3. The first-order valence-electron chi connectivity index (χ1n) is 18.4. The van der Waals surface area contributed by atoms with Crippen molar-refractivity contribution >= 4 is 19.5 Å². The fraction of sp³-hybridized carbons (Fsp3) is 0.425. The summed E-state index contributed by atoms with van der Waals surface area (Å²) in [5.41, 5.74) is 4.67. The van der Waals surface area contributed by atoms with Gasteiger partial charge in [-0.25, -0.2) is 18.8 Å². The van der Waals surface area contributed by atoms with Gasteiger partial charge in [-0.1, -0.05) is 98.0 Å². The van der Waals surface area contributed by atoms with Crippen LogP contribution in [0.15, 0.2) is 120 Å². The number of nitrogens with one attached hydrogen (secondary N) is 2. The normalized spacial score (nSPS) is 21.0. The number of hydrogen-bond acceptors (Lipinski definition) is 9. The number of carbonyl (C=O) groups is 1. The van der Waals surface area contributed by atoms with E-state index in [9.17, 15) is 19.3 Å². The maximum atomic E-state index is 15.1. The van der Waals surface area contributed by atoms with E-state index in [0.29, 0.717) is 6.42 Å². The predicted molar refractivity (Wildman–Crippen MR) is 211 cm³/mol. The molecule has 0 aliphatic carbocycles. The molecule has 3 rings (SSSR count). The Balaban J connectivity index is 1.37. The molecule has 12 nitrogen and oxygen atoms in total. The van der Waals surface area contributed by atoms with E-state index in [1.165, 1.54) is 19.2 Å². The molecule has 1 aliphatic rings. The third-order valence-corrected chi connectivity index (χ3v) is 9.65. The number of aliphatic hydroxyl groups is 1. The number of nitrogens with zero attached hydrogens (tertiary/aromatic N) is 2. The largest absolute Gasteiger partial charge is 0.459 e. The Hall–Kier alpha value is -4.39. The molecule has 294 valence electrons. The van der Waals surface area contributed by atoms with Crippen molar-refractivity contribution in [3.05, 3.63) is 126 Å². The maximum Gasteiger partial charge on any atom is 0.459 e. The summed E-state index contributed by atoms with van der Waals surface area (Å²) < 4.78 is 47.0. The highest BCUT2D eigenvalue weighted by molar-refractivity contribution is 7.52. The van der Waals surface area contributed by atoms with E-state index >= 15 is 4.39 Å². The standard InChI is InChI=1S/C40H55FN5O7P/c1-3-4-5-6-7-8-9-10-11-12-13-14-15-16-17-18-19-20-24-27-35(47)43-29-30-44-54(50,53-33-25-22-21-23-26-33)52-32(2)38-37(48)36(41)39(51-38)46-31-28-34(42)45-40(46)49/h4-5,7-8,10-11,13-14,16-17,19-23,25-26,28,31-32,36-39,48H,3,6,9,12,15,18,24,27,29-30H2,1-2H3,(H,43,47)(H,44,50)(H2,42,45,49). The van der Waals surface area contributed by atoms with E-state index in [2.05, 4.69) is 83.1 Å². The van der Waals surface area contributed by atoms with Gasteiger partial charge in [-0.2, -0.15) is 4.98 Å². The van der Waals surface area contributed by atoms with Crippen LogP contribution in [0, 0.1) is 0 Å². The van der Waals surface area contributed by atoms with Gasteiger partial charge in [0.05, 0.1) is 6.10 Å². The second kappa shape index (κ2) is 24.8. The van der Waals surface area contributed by atoms with Crippen LogP contribution in [-0.2, 0) is 18.6 Å². The summed E-state index contributed by atoms with van der Waals surface area (Å²) in [5.74, 6) is -0.00138. The number of nitrogen functional groups attached to an aromatic ring is 1. The van der Waals surface area contributed by atoms with E-state index in [-0.39, 0.29) is 37.0 Å². The Morgan fingerprint density at radius 2 is 1.54 bits per heavy atom. The summed E-state index contributed by atoms with van der Waals surface area (Å²) in [6.07, 6.45) is 25.5. The van der Waals surface area contributed by atoms with Gasteiger partial charge in [0.2, 0.25) is 5.91 Å². The number of benzene rings is 1. The highest BCUT2D eigenvalue weighted by atomic mass is 31.2. The Morgan fingerprint density at radius 3 is 2.11 bits per heavy atom. The maximum absolute atomic E-state index is 15.1. The molecule has 0 radical (unpaired) electrons. The number of aliphatic hydroxyl groups excluding tert-OH is 1. The third-order valence-electron chi connectivity index (χ3n) is 7.98. The van der Waals surface area contributed by atoms with E-state index in [1.807, 2.05) is 12.2 Å². The molecule has 2 heterocycles. The highest BCUT2D eigenvalue weighted by Gasteiger charge is 2.49. The zero-order valence-corrected chi connectivity index (χ0v) is 32.0. The van der Waals surface area contributed by atoms with Crippen molar-refractivity contribution in [3.63, 3.8) is 0 Å². The summed E-state index contributed by atoms with van der Waals surface area (Å²) in [6, 6.07) is 9.57. The molecule has 1 saturated heterocycles. The molecule has 6 atom stereocenters. The summed E-state index contributed by atoms with van der Waals surface area (Å²) in [7, 11) is -4.16. The van der Waals surface area contributed by atoms with Gasteiger partial charge in [-0.3, -0.25) is 13.9 Å². The van der Waals surface area contributed by atoms with Crippen LogP contribution in [0.5, 0.6) is 5.75 Å². The average Bonchev–Trinajstić information content (AvgIpc) is 3.44. The van der Waals surface area contributed by atoms with Crippen LogP contribution >= 0.6 is 7.75 Å². The number of rotatable bonds is 24. The van der Waals surface area contributed by atoms with Crippen molar-refractivity contribution in [1.82, 2.24) is 20.0 Å². The van der Waals surface area contributed by atoms with Gasteiger partial charge >= 0.3 is 13.4 Å². The smallest absolute Gasteiger partial charge is 0.413 e. The Kier molecular flexibility index (Phi) is 20.2. The van der Waals surface area contributed by atoms with Crippen LogP contribution in [0.1, 0.15) is 71.4 Å². The molecule has 1 aromatic carbocycles. The van der Waals surface area contributed by atoms with Crippen LogP contribution in [-0.4, -0.2) is 58.1 Å². The van der Waals surface area contributed by atoms with Gasteiger partial charge in [0.15, 0.2) is 12.4 Å². The van der Waals surface area contributed by atoms with Crippen molar-refractivity contribution < 1.29 is 32.6 Å². The average molecular weight is 768 g/mol. The predicted octanol–water partition coefficient (Wildman–Crippen LogP) is 7.20. The van der Waals surface area contributed by atoms with Gasteiger partial charge in [-0.05, 0) is 70.1 Å². The second-order valence-corrected chi connectivity index (χ2v) is 14.1. The number of halogens is 1. The molecule has 2 aromatic rings. The quantitative estimate of drug-likeness (QED) is 0.0488. The lowest BCUT2D eigenvalue weighted by molar-refractivity contribution is -0.120. The molecule has 1 fully saturated rings.